The molecule has 0 N–H and O–H groups in total. The van der Waals surface area contributed by atoms with E-state index in [0.29, 0.717) is 0 Å². The third-order valence-corrected chi connectivity index (χ3v) is 15.8. The summed E-state index contributed by atoms with van der Waals surface area (Å²) in [5.74, 6) is 0. The van der Waals surface area contributed by atoms with Gasteiger partial charge in [0.2, 0.25) is 0 Å². The van der Waals surface area contributed by atoms with Crippen LogP contribution in [0.2, 0.25) is 0 Å². The highest BCUT2D eigenvalue weighted by atomic mass is 14.2. The van der Waals surface area contributed by atoms with Crippen LogP contribution in [0.25, 0.3) is 154 Å². The molecule has 0 fully saturated rings. The third kappa shape index (κ3) is 6.91. The Hall–Kier alpha value is -9.62. The molecule has 0 amide bonds. The molecule has 0 aromatic heterocycles. The summed E-state index contributed by atoms with van der Waals surface area (Å²) in [6.07, 6.45) is 0. The van der Waals surface area contributed by atoms with Crippen molar-refractivity contribution >= 4 is 64.6 Å². The Morgan fingerprint density at radius 2 is 0.365 bits per heavy atom. The molecule has 0 aliphatic carbocycles. The van der Waals surface area contributed by atoms with Crippen LogP contribution in [0.3, 0.4) is 0 Å². The molecule has 0 saturated heterocycles. The lowest BCUT2D eigenvalue weighted by atomic mass is 9.86. The number of rotatable bonds is 8. The summed E-state index contributed by atoms with van der Waals surface area (Å²) >= 11 is 0. The highest BCUT2D eigenvalue weighted by molar-refractivity contribution is 6.29. The Morgan fingerprint density at radius 1 is 0.135 bits per heavy atom. The molecule has 0 unspecified atom stereocenters. The van der Waals surface area contributed by atoms with E-state index < -0.39 is 0 Å². The minimum absolute atomic E-state index is 1.20. The first-order valence-electron chi connectivity index (χ1n) is 25.7. The van der Waals surface area contributed by atoms with Gasteiger partial charge in [0.05, 0.1) is 0 Å². The van der Waals surface area contributed by atoms with E-state index in [1.807, 2.05) is 0 Å². The van der Waals surface area contributed by atoms with Gasteiger partial charge in [-0.1, -0.05) is 267 Å². The van der Waals surface area contributed by atoms with E-state index in [1.54, 1.807) is 0 Å². The maximum atomic E-state index is 2.36. The van der Waals surface area contributed by atoms with Crippen molar-refractivity contribution in [2.45, 2.75) is 0 Å². The summed E-state index contributed by atoms with van der Waals surface area (Å²) in [5, 5.41) is 15.5. The lowest BCUT2D eigenvalue weighted by Crippen LogP contribution is -1.90. The second-order valence-electron chi connectivity index (χ2n) is 19.9. The summed E-state index contributed by atoms with van der Waals surface area (Å²) in [7, 11) is 0. The summed E-state index contributed by atoms with van der Waals surface area (Å²) in [6, 6.07) is 103. The smallest absolute Gasteiger partial charge is 0.00203 e. The van der Waals surface area contributed by atoms with Gasteiger partial charge in [0, 0.05) is 0 Å². The van der Waals surface area contributed by atoms with E-state index in [1.165, 1.54) is 154 Å². The molecule has 0 aliphatic heterocycles. The first kappa shape index (κ1) is 42.1. The third-order valence-electron chi connectivity index (χ3n) is 15.8. The molecule has 0 heteroatoms. The Bertz CT molecular complexity index is 4290. The molecule has 15 rings (SSSR count). The average molecular weight is 935 g/mol. The zero-order valence-electron chi connectivity index (χ0n) is 40.6. The Balaban J connectivity index is 0.741. The van der Waals surface area contributed by atoms with Crippen LogP contribution in [-0.4, -0.2) is 0 Å². The van der Waals surface area contributed by atoms with Gasteiger partial charge >= 0.3 is 0 Å². The highest BCUT2D eigenvalue weighted by Gasteiger charge is 2.18. The van der Waals surface area contributed by atoms with Crippen molar-refractivity contribution in [2.75, 3.05) is 0 Å². The minimum atomic E-state index is 1.20. The maximum absolute atomic E-state index is 2.36. The van der Waals surface area contributed by atoms with Crippen molar-refractivity contribution in [1.29, 1.82) is 0 Å². The SMILES string of the molecule is c1ccc(-c2ccc(-c3ccc4ccc5c(-c6cccc(-c7ccc(-c8cccc(-c9ccc%10ccc%11c(-c%12ccc(-c%13ccccc%13)cc%12)ccc%12ccc9c%10c%12%11)c8)cc7)c6)ccc6ccc3c4c65)cc2)cc1. The fraction of sp³-hybridized carbons (Fsp3) is 0. The first-order valence-corrected chi connectivity index (χ1v) is 25.7. The summed E-state index contributed by atoms with van der Waals surface area (Å²) in [4.78, 5) is 0. The van der Waals surface area contributed by atoms with Crippen LogP contribution in [0.15, 0.2) is 279 Å². The Kier molecular flexibility index (Phi) is 9.68. The molecule has 0 spiro atoms. The zero-order valence-corrected chi connectivity index (χ0v) is 40.6. The molecule has 0 atom stereocenters. The minimum Gasteiger partial charge on any atom is -0.0622 e. The lowest BCUT2D eigenvalue weighted by molar-refractivity contribution is 1.58. The van der Waals surface area contributed by atoms with Crippen LogP contribution in [0.4, 0.5) is 0 Å². The van der Waals surface area contributed by atoms with Gasteiger partial charge in [-0.05, 0) is 166 Å². The Morgan fingerprint density at radius 3 is 0.689 bits per heavy atom. The van der Waals surface area contributed by atoms with E-state index >= 15 is 0 Å². The predicted molar refractivity (Wildman–Crippen MR) is 317 cm³/mol. The van der Waals surface area contributed by atoms with Crippen molar-refractivity contribution < 1.29 is 0 Å². The van der Waals surface area contributed by atoms with Gasteiger partial charge in [-0.3, -0.25) is 0 Å². The topological polar surface area (TPSA) is 0 Å². The molecule has 15 aromatic rings. The average Bonchev–Trinajstić information content (AvgIpc) is 3.48. The van der Waals surface area contributed by atoms with Crippen molar-refractivity contribution in [1.82, 2.24) is 0 Å². The van der Waals surface area contributed by atoms with Gasteiger partial charge in [0.15, 0.2) is 0 Å². The highest BCUT2D eigenvalue weighted by Crippen LogP contribution is 2.45. The second-order valence-corrected chi connectivity index (χ2v) is 19.9. The standard InChI is InChI=1S/C74H46/c1-3-9-47(10-4-1)49-21-25-53(26-22-49)63-37-29-55-35-43-69-65(39-31-57-33-41-67(63)71(55)73(57)69)61-15-7-13-59(45-61)51-17-19-52(20-18-51)60-14-8-16-62(46-60)66-40-32-58-34-42-68-64(38-30-56-36-44-70(66)74(58)72(56)68)54-27-23-50(24-28-54)48-11-5-2-6-12-48/h1-46H. The van der Waals surface area contributed by atoms with E-state index in [4.69, 9.17) is 0 Å². The summed E-state index contributed by atoms with van der Waals surface area (Å²) in [6.45, 7) is 0. The van der Waals surface area contributed by atoms with E-state index in [-0.39, 0.29) is 0 Å². The molecule has 0 nitrogen and oxygen atoms in total. The number of hydrogen-bond donors (Lipinski definition) is 0. The molecule has 0 saturated carbocycles. The molecular formula is C74H46. The van der Waals surface area contributed by atoms with Crippen LogP contribution in [0, 0.1) is 0 Å². The number of hydrogen-bond acceptors (Lipinski definition) is 0. The monoisotopic (exact) mass is 934 g/mol. The normalized spacial score (nSPS) is 11.8. The number of benzene rings is 15. The molecular weight excluding hydrogens is 889 g/mol. The van der Waals surface area contributed by atoms with Crippen molar-refractivity contribution in [3.05, 3.63) is 279 Å². The summed E-state index contributed by atoms with van der Waals surface area (Å²) < 4.78 is 0. The zero-order chi connectivity index (χ0) is 48.7. The largest absolute Gasteiger partial charge is 0.0622 e. The van der Waals surface area contributed by atoms with Crippen LogP contribution >= 0.6 is 0 Å². The maximum Gasteiger partial charge on any atom is -0.00203 e. The molecule has 342 valence electrons. The van der Waals surface area contributed by atoms with Gasteiger partial charge in [0.1, 0.15) is 0 Å². The van der Waals surface area contributed by atoms with Gasteiger partial charge in [-0.2, -0.15) is 0 Å². The quantitative estimate of drug-likeness (QED) is 0.133. The molecule has 74 heavy (non-hydrogen) atoms. The molecule has 0 radical (unpaired) electrons. The van der Waals surface area contributed by atoms with E-state index in [0.717, 1.165) is 0 Å². The molecule has 15 aromatic carbocycles. The molecule has 0 aliphatic rings. The Labute approximate surface area is 430 Å². The van der Waals surface area contributed by atoms with Gasteiger partial charge < -0.3 is 0 Å². The van der Waals surface area contributed by atoms with Gasteiger partial charge in [0.25, 0.3) is 0 Å². The van der Waals surface area contributed by atoms with Crippen molar-refractivity contribution in [2.24, 2.45) is 0 Å². The summed E-state index contributed by atoms with van der Waals surface area (Å²) in [5.41, 5.74) is 19.7. The molecule has 0 bridgehead atoms. The predicted octanol–water partition coefficient (Wildman–Crippen LogP) is 20.8. The van der Waals surface area contributed by atoms with Crippen molar-refractivity contribution in [3.63, 3.8) is 0 Å². The lowest BCUT2D eigenvalue weighted by Gasteiger charge is -2.17. The van der Waals surface area contributed by atoms with Crippen LogP contribution in [0.5, 0.6) is 0 Å². The fourth-order valence-corrected chi connectivity index (χ4v) is 12.1. The second kappa shape index (κ2) is 17.0. The first-order chi connectivity index (χ1) is 36.7. The van der Waals surface area contributed by atoms with Crippen molar-refractivity contribution in [3.8, 4) is 89.0 Å². The van der Waals surface area contributed by atoms with Gasteiger partial charge in [-0.25, -0.2) is 0 Å². The molecule has 0 heterocycles. The fourth-order valence-electron chi connectivity index (χ4n) is 12.1. The van der Waals surface area contributed by atoms with Gasteiger partial charge in [-0.15, -0.1) is 0 Å². The van der Waals surface area contributed by atoms with Crippen LogP contribution < -0.4 is 0 Å². The van der Waals surface area contributed by atoms with Crippen LogP contribution in [-0.2, 0) is 0 Å². The van der Waals surface area contributed by atoms with Crippen LogP contribution in [0.1, 0.15) is 0 Å². The van der Waals surface area contributed by atoms with E-state index in [9.17, 15) is 0 Å². The van der Waals surface area contributed by atoms with E-state index in [2.05, 4.69) is 279 Å².